The normalized spacial score (nSPS) is 19.0. The molecule has 1 fully saturated rings. The molecule has 1 unspecified atom stereocenters. The quantitative estimate of drug-likeness (QED) is 0.820. The number of aromatic carboxylic acids is 1. The van der Waals surface area contributed by atoms with Crippen LogP contribution in [0.4, 0.5) is 10.1 Å². The molecule has 0 saturated carbocycles. The number of rotatable bonds is 4. The predicted molar refractivity (Wildman–Crippen MR) is 71.8 cm³/mol. The maximum atomic E-state index is 13.9. The van der Waals surface area contributed by atoms with Crippen molar-refractivity contribution in [3.05, 3.63) is 29.6 Å². The van der Waals surface area contributed by atoms with Crippen molar-refractivity contribution in [1.82, 2.24) is 0 Å². The van der Waals surface area contributed by atoms with Crippen LogP contribution in [0.1, 0.15) is 16.8 Å². The maximum Gasteiger partial charge on any atom is 0.335 e. The fraction of sp³-hybridized carbons (Fsp3) is 0.333. The highest BCUT2D eigenvalue weighted by molar-refractivity contribution is 7.89. The second-order valence-corrected chi connectivity index (χ2v) is 6.53. The average Bonchev–Trinajstić information content (AvgIpc) is 2.67. The molecule has 0 aliphatic carbocycles. The Balaban J connectivity index is 2.23. The number of anilines is 1. The van der Waals surface area contributed by atoms with E-state index in [0.29, 0.717) is 0 Å². The first-order chi connectivity index (χ1) is 9.67. The summed E-state index contributed by atoms with van der Waals surface area (Å²) in [7, 11) is -3.72. The predicted octanol–water partition coefficient (Wildman–Crippen LogP) is 0.165. The molecule has 1 aliphatic heterocycles. The highest BCUT2D eigenvalue weighted by atomic mass is 32.2. The Morgan fingerprint density at radius 1 is 1.48 bits per heavy atom. The van der Waals surface area contributed by atoms with Crippen molar-refractivity contribution < 1.29 is 27.5 Å². The molecule has 1 aromatic rings. The van der Waals surface area contributed by atoms with Gasteiger partial charge in [0.05, 0.1) is 17.0 Å². The van der Waals surface area contributed by atoms with E-state index in [1.807, 2.05) is 0 Å². The summed E-state index contributed by atoms with van der Waals surface area (Å²) in [4.78, 5) is 23.7. The van der Waals surface area contributed by atoms with Crippen molar-refractivity contribution in [2.45, 2.75) is 6.42 Å². The highest BCUT2D eigenvalue weighted by Gasteiger charge is 2.34. The minimum Gasteiger partial charge on any atom is -0.478 e. The topological polar surface area (TPSA) is 118 Å². The zero-order chi connectivity index (χ0) is 15.8. The van der Waals surface area contributed by atoms with E-state index in [0.717, 1.165) is 11.0 Å². The molecule has 3 N–H and O–H groups in total. The number of carbonyl (C=O) groups excluding carboxylic acids is 1. The van der Waals surface area contributed by atoms with Gasteiger partial charge in [0.2, 0.25) is 15.9 Å². The summed E-state index contributed by atoms with van der Waals surface area (Å²) in [5, 5.41) is 13.7. The van der Waals surface area contributed by atoms with Gasteiger partial charge in [0.1, 0.15) is 5.82 Å². The maximum absolute atomic E-state index is 13.9. The highest BCUT2D eigenvalue weighted by Crippen LogP contribution is 2.28. The summed E-state index contributed by atoms with van der Waals surface area (Å²) in [5.74, 6) is -3.42. The van der Waals surface area contributed by atoms with Gasteiger partial charge in [0.15, 0.2) is 0 Å². The second-order valence-electron chi connectivity index (χ2n) is 4.88. The first-order valence-electron chi connectivity index (χ1n) is 6.01. The van der Waals surface area contributed by atoms with Crippen molar-refractivity contribution in [3.63, 3.8) is 0 Å². The van der Waals surface area contributed by atoms with Crippen LogP contribution in [-0.4, -0.2) is 37.7 Å². The van der Waals surface area contributed by atoms with Gasteiger partial charge in [0.25, 0.3) is 0 Å². The number of benzene rings is 1. The molecule has 1 heterocycles. The lowest BCUT2D eigenvalue weighted by atomic mass is 10.1. The Hall–Kier alpha value is -2.00. The Morgan fingerprint density at radius 3 is 2.67 bits per heavy atom. The third-order valence-corrected chi connectivity index (χ3v) is 4.09. The standard InChI is InChI=1S/C12H13FN2O5S/c13-9-4-8(12(17)18)1-2-10(9)15-5-7(3-11(15)16)6-21(14,19)20/h1-2,4,7H,3,5-6H2,(H,17,18)(H2,14,19,20). The van der Waals surface area contributed by atoms with E-state index in [4.69, 9.17) is 10.2 Å². The number of hydrogen-bond donors (Lipinski definition) is 2. The SMILES string of the molecule is NS(=O)(=O)CC1CC(=O)N(c2ccc(C(=O)O)cc2F)C1. The summed E-state index contributed by atoms with van der Waals surface area (Å²) in [6, 6.07) is 3.19. The van der Waals surface area contributed by atoms with Crippen LogP contribution in [0.15, 0.2) is 18.2 Å². The number of amides is 1. The molecule has 114 valence electrons. The number of carbonyl (C=O) groups is 2. The molecule has 0 radical (unpaired) electrons. The van der Waals surface area contributed by atoms with E-state index in [2.05, 4.69) is 0 Å². The van der Waals surface area contributed by atoms with Gasteiger partial charge in [-0.2, -0.15) is 0 Å². The minimum atomic E-state index is -3.72. The fourth-order valence-corrected chi connectivity index (χ4v) is 3.19. The monoisotopic (exact) mass is 316 g/mol. The number of primary sulfonamides is 1. The van der Waals surface area contributed by atoms with Crippen molar-refractivity contribution >= 4 is 27.6 Å². The summed E-state index contributed by atoms with van der Waals surface area (Å²) in [5.41, 5.74) is -0.300. The molecule has 1 aliphatic rings. The molecule has 1 aromatic carbocycles. The summed E-state index contributed by atoms with van der Waals surface area (Å²) in [6.07, 6.45) is -0.0451. The third kappa shape index (κ3) is 3.56. The lowest BCUT2D eigenvalue weighted by Crippen LogP contribution is -2.28. The van der Waals surface area contributed by atoms with Crippen LogP contribution in [0.3, 0.4) is 0 Å². The molecule has 0 bridgehead atoms. The number of nitrogens with zero attached hydrogens (tertiary/aromatic N) is 1. The van der Waals surface area contributed by atoms with E-state index in [9.17, 15) is 22.4 Å². The number of nitrogens with two attached hydrogens (primary N) is 1. The fourth-order valence-electron chi connectivity index (χ4n) is 2.31. The van der Waals surface area contributed by atoms with Crippen molar-refractivity contribution in [3.8, 4) is 0 Å². The zero-order valence-corrected chi connectivity index (χ0v) is 11.6. The van der Waals surface area contributed by atoms with E-state index in [1.54, 1.807) is 0 Å². The molecule has 21 heavy (non-hydrogen) atoms. The van der Waals surface area contributed by atoms with Crippen molar-refractivity contribution in [2.24, 2.45) is 11.1 Å². The minimum absolute atomic E-state index is 0.0264. The van der Waals surface area contributed by atoms with E-state index < -0.39 is 33.6 Å². The van der Waals surface area contributed by atoms with Gasteiger partial charge >= 0.3 is 5.97 Å². The molecule has 1 amide bonds. The molecule has 7 nitrogen and oxygen atoms in total. The largest absolute Gasteiger partial charge is 0.478 e. The van der Waals surface area contributed by atoms with Gasteiger partial charge in [-0.25, -0.2) is 22.7 Å². The number of sulfonamides is 1. The van der Waals surface area contributed by atoms with Crippen LogP contribution >= 0.6 is 0 Å². The first kappa shape index (κ1) is 15.4. The van der Waals surface area contributed by atoms with Gasteiger partial charge in [-0.05, 0) is 18.2 Å². The summed E-state index contributed by atoms with van der Waals surface area (Å²) >= 11 is 0. The molecule has 1 saturated heterocycles. The van der Waals surface area contributed by atoms with Crippen LogP contribution in [0.5, 0.6) is 0 Å². The Labute approximate surface area is 120 Å². The van der Waals surface area contributed by atoms with Gasteiger partial charge in [-0.15, -0.1) is 0 Å². The molecule has 2 rings (SSSR count). The number of hydrogen-bond acceptors (Lipinski definition) is 4. The smallest absolute Gasteiger partial charge is 0.335 e. The molecule has 0 aromatic heterocycles. The Bertz CT molecular complexity index is 704. The van der Waals surface area contributed by atoms with Gasteiger partial charge in [0, 0.05) is 18.9 Å². The molecular formula is C12H13FN2O5S. The van der Waals surface area contributed by atoms with Gasteiger partial charge in [-0.1, -0.05) is 0 Å². The van der Waals surface area contributed by atoms with E-state index in [-0.39, 0.29) is 30.0 Å². The van der Waals surface area contributed by atoms with Crippen LogP contribution in [0, 0.1) is 11.7 Å². The first-order valence-corrected chi connectivity index (χ1v) is 7.72. The van der Waals surface area contributed by atoms with Crippen molar-refractivity contribution in [1.29, 1.82) is 0 Å². The third-order valence-electron chi connectivity index (χ3n) is 3.16. The van der Waals surface area contributed by atoms with Crippen LogP contribution in [0.25, 0.3) is 0 Å². The summed E-state index contributed by atoms with van der Waals surface area (Å²) in [6.45, 7) is 0.0264. The number of carboxylic acid groups (broad SMARTS) is 1. The lowest BCUT2D eigenvalue weighted by Gasteiger charge is -2.17. The summed E-state index contributed by atoms with van der Waals surface area (Å²) < 4.78 is 36.0. The molecule has 9 heteroatoms. The lowest BCUT2D eigenvalue weighted by molar-refractivity contribution is -0.117. The van der Waals surface area contributed by atoms with Crippen LogP contribution in [-0.2, 0) is 14.8 Å². The number of halogens is 1. The van der Waals surface area contributed by atoms with Gasteiger partial charge in [-0.3, -0.25) is 4.79 Å². The average molecular weight is 316 g/mol. The van der Waals surface area contributed by atoms with Crippen molar-refractivity contribution in [2.75, 3.05) is 17.2 Å². The van der Waals surface area contributed by atoms with E-state index in [1.165, 1.54) is 12.1 Å². The van der Waals surface area contributed by atoms with Crippen LogP contribution in [0.2, 0.25) is 0 Å². The van der Waals surface area contributed by atoms with E-state index >= 15 is 0 Å². The van der Waals surface area contributed by atoms with Crippen LogP contribution < -0.4 is 10.0 Å². The Morgan fingerprint density at radius 2 is 2.14 bits per heavy atom. The Kier molecular flexibility index (Phi) is 3.97. The second kappa shape index (κ2) is 5.41. The van der Waals surface area contributed by atoms with Gasteiger partial charge < -0.3 is 10.0 Å². The number of carboxylic acids is 1. The zero-order valence-electron chi connectivity index (χ0n) is 10.8. The molecule has 1 atom stereocenters. The molecule has 0 spiro atoms. The molecular weight excluding hydrogens is 303 g/mol.